The zero-order valence-electron chi connectivity index (χ0n) is 11.4. The lowest BCUT2D eigenvalue weighted by Gasteiger charge is -2.08. The number of alkyl halides is 1. The number of hydrogen-bond acceptors (Lipinski definition) is 2. The van der Waals surface area contributed by atoms with Crippen molar-refractivity contribution in [2.45, 2.75) is 6.67 Å². The van der Waals surface area contributed by atoms with Crippen LogP contribution in [-0.2, 0) is 6.67 Å². The van der Waals surface area contributed by atoms with E-state index in [9.17, 15) is 8.78 Å². The Kier molecular flexibility index (Phi) is 4.11. The fourth-order valence-corrected chi connectivity index (χ4v) is 2.38. The van der Waals surface area contributed by atoms with Gasteiger partial charge in [0.1, 0.15) is 17.6 Å². The van der Waals surface area contributed by atoms with E-state index in [0.717, 1.165) is 0 Å². The van der Waals surface area contributed by atoms with E-state index < -0.39 is 12.5 Å². The van der Waals surface area contributed by atoms with E-state index in [2.05, 4.69) is 9.97 Å². The smallest absolute Gasteiger partial charge is 0.161 e. The quantitative estimate of drug-likeness (QED) is 0.630. The SMILES string of the molecule is FCc1ccccc1-c1nc(Cl)cc(-c2ccccc2F)n1. The molecule has 0 atom stereocenters. The van der Waals surface area contributed by atoms with Gasteiger partial charge in [-0.3, -0.25) is 0 Å². The third-order valence-corrected chi connectivity index (χ3v) is 3.44. The second kappa shape index (κ2) is 6.20. The normalized spacial score (nSPS) is 10.7. The minimum Gasteiger partial charge on any atom is -0.246 e. The number of nitrogens with zero attached hydrogens (tertiary/aromatic N) is 2. The maximum Gasteiger partial charge on any atom is 0.161 e. The molecule has 2 aromatic carbocycles. The highest BCUT2D eigenvalue weighted by Crippen LogP contribution is 2.28. The first-order valence-electron chi connectivity index (χ1n) is 6.63. The number of aromatic nitrogens is 2. The lowest BCUT2D eigenvalue weighted by atomic mass is 10.1. The molecule has 0 aliphatic carbocycles. The van der Waals surface area contributed by atoms with Gasteiger partial charge in [-0.05, 0) is 17.7 Å². The highest BCUT2D eigenvalue weighted by molar-refractivity contribution is 6.29. The maximum atomic E-state index is 13.9. The Morgan fingerprint density at radius 2 is 1.59 bits per heavy atom. The van der Waals surface area contributed by atoms with Crippen molar-refractivity contribution in [3.05, 3.63) is 71.1 Å². The predicted octanol–water partition coefficient (Wildman–Crippen LogP) is 5.07. The highest BCUT2D eigenvalue weighted by Gasteiger charge is 2.13. The van der Waals surface area contributed by atoms with Crippen molar-refractivity contribution < 1.29 is 8.78 Å². The van der Waals surface area contributed by atoms with Gasteiger partial charge in [-0.2, -0.15) is 0 Å². The summed E-state index contributed by atoms with van der Waals surface area (Å²) in [5.74, 6) is -0.124. The van der Waals surface area contributed by atoms with Crippen molar-refractivity contribution >= 4 is 11.6 Å². The summed E-state index contributed by atoms with van der Waals surface area (Å²) in [6.07, 6.45) is 0. The second-order valence-electron chi connectivity index (χ2n) is 4.67. The van der Waals surface area contributed by atoms with Crippen molar-refractivity contribution in [2.75, 3.05) is 0 Å². The number of halogens is 3. The summed E-state index contributed by atoms with van der Waals surface area (Å²) in [5, 5.41) is 0.178. The van der Waals surface area contributed by atoms with Crippen molar-refractivity contribution in [3.63, 3.8) is 0 Å². The average Bonchev–Trinajstić information content (AvgIpc) is 2.54. The van der Waals surface area contributed by atoms with Crippen LogP contribution in [0.15, 0.2) is 54.6 Å². The van der Waals surface area contributed by atoms with E-state index in [4.69, 9.17) is 11.6 Å². The molecule has 3 rings (SSSR count). The summed E-state index contributed by atoms with van der Waals surface area (Å²) in [4.78, 5) is 8.47. The van der Waals surface area contributed by atoms with Crippen LogP contribution in [0, 0.1) is 5.82 Å². The zero-order chi connectivity index (χ0) is 15.5. The molecule has 0 amide bonds. The van der Waals surface area contributed by atoms with Crippen molar-refractivity contribution in [1.29, 1.82) is 0 Å². The molecule has 1 heterocycles. The van der Waals surface area contributed by atoms with Crippen LogP contribution >= 0.6 is 11.6 Å². The summed E-state index contributed by atoms with van der Waals surface area (Å²) < 4.78 is 27.0. The van der Waals surface area contributed by atoms with Crippen LogP contribution in [-0.4, -0.2) is 9.97 Å². The van der Waals surface area contributed by atoms with E-state index in [1.807, 2.05) is 0 Å². The summed E-state index contributed by atoms with van der Waals surface area (Å²) in [5.41, 5.74) is 1.70. The van der Waals surface area contributed by atoms with Gasteiger partial charge >= 0.3 is 0 Å². The van der Waals surface area contributed by atoms with Gasteiger partial charge < -0.3 is 0 Å². The topological polar surface area (TPSA) is 25.8 Å². The van der Waals surface area contributed by atoms with Crippen molar-refractivity contribution in [1.82, 2.24) is 9.97 Å². The van der Waals surface area contributed by atoms with Crippen LogP contribution in [0.5, 0.6) is 0 Å². The molecule has 1 aromatic heterocycles. The monoisotopic (exact) mass is 316 g/mol. The Morgan fingerprint density at radius 3 is 2.32 bits per heavy atom. The third kappa shape index (κ3) is 2.83. The molecule has 2 nitrogen and oxygen atoms in total. The lowest BCUT2D eigenvalue weighted by molar-refractivity contribution is 0.486. The molecular weight excluding hydrogens is 306 g/mol. The van der Waals surface area contributed by atoms with E-state index in [1.165, 1.54) is 12.1 Å². The van der Waals surface area contributed by atoms with E-state index in [-0.39, 0.29) is 11.0 Å². The van der Waals surface area contributed by atoms with Gasteiger partial charge in [-0.25, -0.2) is 18.7 Å². The first-order valence-corrected chi connectivity index (χ1v) is 7.00. The molecule has 0 saturated carbocycles. The third-order valence-electron chi connectivity index (χ3n) is 3.25. The number of hydrogen-bond donors (Lipinski definition) is 0. The molecule has 0 aliphatic rings. The Labute approximate surface area is 131 Å². The number of rotatable bonds is 3. The molecule has 0 bridgehead atoms. The minimum atomic E-state index is -0.638. The van der Waals surface area contributed by atoms with Gasteiger partial charge in [-0.15, -0.1) is 0 Å². The van der Waals surface area contributed by atoms with Gasteiger partial charge in [0.25, 0.3) is 0 Å². The zero-order valence-corrected chi connectivity index (χ0v) is 12.2. The van der Waals surface area contributed by atoms with E-state index >= 15 is 0 Å². The van der Waals surface area contributed by atoms with Crippen molar-refractivity contribution in [3.8, 4) is 22.6 Å². The van der Waals surface area contributed by atoms with Gasteiger partial charge in [0.05, 0.1) is 5.69 Å². The fraction of sp³-hybridized carbons (Fsp3) is 0.0588. The number of benzene rings is 2. The van der Waals surface area contributed by atoms with Crippen LogP contribution in [0.4, 0.5) is 8.78 Å². The summed E-state index contributed by atoms with van der Waals surface area (Å²) in [7, 11) is 0. The average molecular weight is 317 g/mol. The molecule has 5 heteroatoms. The summed E-state index contributed by atoms with van der Waals surface area (Å²) >= 11 is 6.03. The van der Waals surface area contributed by atoms with Crippen LogP contribution in [0.3, 0.4) is 0 Å². The van der Waals surface area contributed by atoms with E-state index in [1.54, 1.807) is 42.5 Å². The molecule has 0 N–H and O–H groups in total. The molecule has 0 spiro atoms. The molecule has 0 unspecified atom stereocenters. The molecule has 3 aromatic rings. The van der Waals surface area contributed by atoms with Gasteiger partial charge in [0, 0.05) is 17.2 Å². The molecule has 22 heavy (non-hydrogen) atoms. The molecule has 0 aliphatic heterocycles. The molecule has 110 valence electrons. The van der Waals surface area contributed by atoms with Gasteiger partial charge in [0.15, 0.2) is 5.82 Å². The van der Waals surface area contributed by atoms with Crippen molar-refractivity contribution in [2.24, 2.45) is 0 Å². The van der Waals surface area contributed by atoms with Crippen LogP contribution < -0.4 is 0 Å². The standard InChI is InChI=1S/C17H11ClF2N2/c18-16-9-15(13-7-3-4-8-14(13)20)21-17(22-16)12-6-2-1-5-11(12)10-19/h1-9H,10H2. The van der Waals surface area contributed by atoms with Gasteiger partial charge in [-0.1, -0.05) is 48.0 Å². The maximum absolute atomic E-state index is 13.9. The van der Waals surface area contributed by atoms with Crippen LogP contribution in [0.2, 0.25) is 5.15 Å². The predicted molar refractivity (Wildman–Crippen MR) is 82.7 cm³/mol. The Balaban J connectivity index is 2.17. The summed E-state index contributed by atoms with van der Waals surface area (Å²) in [6.45, 7) is -0.638. The molecule has 0 radical (unpaired) electrons. The first kappa shape index (κ1) is 14.6. The minimum absolute atomic E-state index is 0.178. The van der Waals surface area contributed by atoms with Crippen LogP contribution in [0.25, 0.3) is 22.6 Å². The summed E-state index contributed by atoms with van der Waals surface area (Å²) in [6, 6.07) is 14.6. The Morgan fingerprint density at radius 1 is 0.909 bits per heavy atom. The Bertz CT molecular complexity index is 821. The molecule has 0 saturated heterocycles. The molecular formula is C17H11ClF2N2. The second-order valence-corrected chi connectivity index (χ2v) is 5.06. The lowest BCUT2D eigenvalue weighted by Crippen LogP contribution is -1.97. The largest absolute Gasteiger partial charge is 0.246 e. The Hall–Kier alpha value is -2.33. The fourth-order valence-electron chi connectivity index (χ4n) is 2.20. The van der Waals surface area contributed by atoms with Gasteiger partial charge in [0.2, 0.25) is 0 Å². The van der Waals surface area contributed by atoms with Crippen LogP contribution in [0.1, 0.15) is 5.56 Å². The first-order chi connectivity index (χ1) is 10.7. The highest BCUT2D eigenvalue weighted by atomic mass is 35.5. The molecule has 0 fully saturated rings. The van der Waals surface area contributed by atoms with E-state index in [0.29, 0.717) is 22.4 Å².